The second kappa shape index (κ2) is 12.3. The van der Waals surface area contributed by atoms with Crippen LogP contribution in [0.2, 0.25) is 0 Å². The fourth-order valence-electron chi connectivity index (χ4n) is 5.91. The normalized spacial score (nSPS) is 19.4. The SMILES string of the molecule is COc1ccc2cc1OCCCCN(C(=O)CCCn1cncn1)CC[C@@H]1c3ccccc3N(C(C)=O)[C@@H]1C2. The highest BCUT2D eigenvalue weighted by atomic mass is 16.5. The van der Waals surface area contributed by atoms with Crippen LogP contribution in [0.4, 0.5) is 5.69 Å². The minimum absolute atomic E-state index is 0.0297. The van der Waals surface area contributed by atoms with Gasteiger partial charge in [-0.05, 0) is 61.4 Å². The van der Waals surface area contributed by atoms with Gasteiger partial charge in [-0.2, -0.15) is 5.10 Å². The Bertz CT molecular complexity index is 1280. The highest BCUT2D eigenvalue weighted by molar-refractivity contribution is 5.95. The van der Waals surface area contributed by atoms with Crippen LogP contribution in [0.25, 0.3) is 0 Å². The molecular weight excluding hydrogens is 494 g/mol. The molecule has 3 aromatic rings. The number of hydrogen-bond acceptors (Lipinski definition) is 6. The molecule has 2 atom stereocenters. The summed E-state index contributed by atoms with van der Waals surface area (Å²) >= 11 is 0. The van der Waals surface area contributed by atoms with Crippen LogP contribution in [0.5, 0.6) is 11.5 Å². The van der Waals surface area contributed by atoms with E-state index in [1.165, 1.54) is 11.9 Å². The summed E-state index contributed by atoms with van der Waals surface area (Å²) in [5.74, 6) is 1.72. The van der Waals surface area contributed by atoms with Crippen LogP contribution >= 0.6 is 0 Å². The average molecular weight is 532 g/mol. The van der Waals surface area contributed by atoms with Crippen LogP contribution in [0.1, 0.15) is 56.1 Å². The molecule has 39 heavy (non-hydrogen) atoms. The van der Waals surface area contributed by atoms with Crippen molar-refractivity contribution in [2.45, 2.75) is 64.0 Å². The molecule has 3 heterocycles. The number of carbonyl (C=O) groups excluding carboxylic acids is 2. The Morgan fingerprint density at radius 3 is 2.79 bits per heavy atom. The quantitative estimate of drug-likeness (QED) is 0.490. The van der Waals surface area contributed by atoms with Gasteiger partial charge in [-0.1, -0.05) is 24.3 Å². The lowest BCUT2D eigenvalue weighted by Gasteiger charge is -2.31. The van der Waals surface area contributed by atoms with Crippen molar-refractivity contribution in [2.24, 2.45) is 0 Å². The van der Waals surface area contributed by atoms with E-state index in [0.717, 1.165) is 36.3 Å². The molecule has 206 valence electrons. The number of amides is 2. The summed E-state index contributed by atoms with van der Waals surface area (Å²) in [6.07, 6.45) is 7.52. The number of fused-ring (bicyclic) bond motifs is 5. The van der Waals surface area contributed by atoms with Crippen LogP contribution in [-0.2, 0) is 22.6 Å². The predicted octanol–water partition coefficient (Wildman–Crippen LogP) is 4.22. The van der Waals surface area contributed by atoms with Crippen molar-refractivity contribution >= 4 is 17.5 Å². The number of para-hydroxylation sites is 1. The monoisotopic (exact) mass is 531 g/mol. The van der Waals surface area contributed by atoms with E-state index in [2.05, 4.69) is 22.2 Å². The number of nitrogens with zero attached hydrogens (tertiary/aromatic N) is 5. The summed E-state index contributed by atoms with van der Waals surface area (Å²) in [4.78, 5) is 34.2. The van der Waals surface area contributed by atoms with Gasteiger partial charge >= 0.3 is 0 Å². The lowest BCUT2D eigenvalue weighted by Crippen LogP contribution is -2.41. The van der Waals surface area contributed by atoms with E-state index in [4.69, 9.17) is 9.47 Å². The Kier molecular flexibility index (Phi) is 8.44. The zero-order valence-electron chi connectivity index (χ0n) is 22.8. The van der Waals surface area contributed by atoms with Gasteiger partial charge in [0.15, 0.2) is 11.5 Å². The number of anilines is 1. The zero-order chi connectivity index (χ0) is 27.2. The van der Waals surface area contributed by atoms with E-state index in [0.29, 0.717) is 51.3 Å². The first-order chi connectivity index (χ1) is 19.0. The summed E-state index contributed by atoms with van der Waals surface area (Å²) in [5, 5.41) is 4.14. The molecule has 0 aliphatic carbocycles. The molecule has 0 N–H and O–H groups in total. The van der Waals surface area contributed by atoms with Gasteiger partial charge in [0, 0.05) is 50.6 Å². The number of aryl methyl sites for hydroxylation is 1. The molecule has 2 bridgehead atoms. The summed E-state index contributed by atoms with van der Waals surface area (Å²) in [6.45, 7) is 4.18. The van der Waals surface area contributed by atoms with Crippen molar-refractivity contribution in [3.63, 3.8) is 0 Å². The molecule has 0 spiro atoms. The van der Waals surface area contributed by atoms with Gasteiger partial charge in [-0.3, -0.25) is 14.3 Å². The van der Waals surface area contributed by atoms with Gasteiger partial charge in [-0.25, -0.2) is 4.98 Å². The number of benzene rings is 2. The van der Waals surface area contributed by atoms with Gasteiger partial charge in [-0.15, -0.1) is 0 Å². The molecule has 2 aromatic carbocycles. The second-order valence-electron chi connectivity index (χ2n) is 10.3. The number of rotatable bonds is 5. The smallest absolute Gasteiger partial charge is 0.224 e. The van der Waals surface area contributed by atoms with Crippen LogP contribution in [-0.4, -0.2) is 64.3 Å². The summed E-state index contributed by atoms with van der Waals surface area (Å²) in [5.41, 5.74) is 3.24. The largest absolute Gasteiger partial charge is 0.493 e. The lowest BCUT2D eigenvalue weighted by molar-refractivity contribution is -0.131. The molecule has 0 radical (unpaired) electrons. The van der Waals surface area contributed by atoms with Crippen LogP contribution in [0, 0.1) is 0 Å². The second-order valence-corrected chi connectivity index (χ2v) is 10.3. The van der Waals surface area contributed by atoms with Gasteiger partial charge in [0.25, 0.3) is 0 Å². The molecule has 0 fully saturated rings. The van der Waals surface area contributed by atoms with Crippen molar-refractivity contribution in [1.82, 2.24) is 19.7 Å². The summed E-state index contributed by atoms with van der Waals surface area (Å²) < 4.78 is 13.4. The van der Waals surface area contributed by atoms with E-state index in [9.17, 15) is 9.59 Å². The number of carbonyl (C=O) groups is 2. The molecule has 0 saturated heterocycles. The third-order valence-electron chi connectivity index (χ3n) is 7.79. The van der Waals surface area contributed by atoms with Crippen molar-refractivity contribution in [3.05, 3.63) is 66.2 Å². The minimum Gasteiger partial charge on any atom is -0.493 e. The number of ether oxygens (including phenoxy) is 2. The molecule has 1 aromatic heterocycles. The summed E-state index contributed by atoms with van der Waals surface area (Å²) in [7, 11) is 1.65. The van der Waals surface area contributed by atoms with Gasteiger partial charge in [0.05, 0.1) is 13.7 Å². The first kappa shape index (κ1) is 26.7. The van der Waals surface area contributed by atoms with Crippen molar-refractivity contribution in [2.75, 3.05) is 31.7 Å². The van der Waals surface area contributed by atoms with Gasteiger partial charge in [0.2, 0.25) is 11.8 Å². The maximum atomic E-state index is 13.4. The third-order valence-corrected chi connectivity index (χ3v) is 7.79. The lowest BCUT2D eigenvalue weighted by atomic mass is 9.87. The maximum absolute atomic E-state index is 13.4. The molecule has 0 unspecified atom stereocenters. The highest BCUT2D eigenvalue weighted by Crippen LogP contribution is 2.44. The predicted molar refractivity (Wildman–Crippen MR) is 148 cm³/mol. The Balaban J connectivity index is 1.41. The van der Waals surface area contributed by atoms with Crippen LogP contribution in [0.15, 0.2) is 55.1 Å². The zero-order valence-corrected chi connectivity index (χ0v) is 22.8. The van der Waals surface area contributed by atoms with Gasteiger partial charge < -0.3 is 19.3 Å². The molecule has 5 rings (SSSR count). The van der Waals surface area contributed by atoms with E-state index in [1.54, 1.807) is 25.0 Å². The Hall–Kier alpha value is -3.88. The molecule has 9 nitrogen and oxygen atoms in total. The standard InChI is InChI=1S/C30H37N5O4/c1-22(36)35-26-9-4-3-8-24(26)25-13-16-33(30(37)10-7-15-34-21-31-20-32-34)14-5-6-17-39-29-19-23(18-27(25)35)11-12-28(29)38-2/h3-4,8-9,11-12,19-21,25,27H,5-7,10,13-18H2,1-2H3/t25-,27-/m1/s1. The van der Waals surface area contributed by atoms with E-state index < -0.39 is 0 Å². The maximum Gasteiger partial charge on any atom is 0.224 e. The van der Waals surface area contributed by atoms with Crippen LogP contribution < -0.4 is 14.4 Å². The minimum atomic E-state index is -0.0478. The van der Waals surface area contributed by atoms with Crippen molar-refractivity contribution in [3.8, 4) is 11.5 Å². The Morgan fingerprint density at radius 2 is 2.00 bits per heavy atom. The number of hydrogen-bond donors (Lipinski definition) is 0. The van der Waals surface area contributed by atoms with Crippen molar-refractivity contribution < 1.29 is 19.1 Å². The molecular formula is C30H37N5O4. The Labute approximate surface area is 229 Å². The Morgan fingerprint density at radius 1 is 1.13 bits per heavy atom. The first-order valence-electron chi connectivity index (χ1n) is 13.8. The third kappa shape index (κ3) is 6.08. The van der Waals surface area contributed by atoms with E-state index in [-0.39, 0.29) is 23.8 Å². The van der Waals surface area contributed by atoms with Crippen LogP contribution in [0.3, 0.4) is 0 Å². The molecule has 0 saturated carbocycles. The van der Waals surface area contributed by atoms with E-state index in [1.807, 2.05) is 40.1 Å². The van der Waals surface area contributed by atoms with E-state index >= 15 is 0 Å². The topological polar surface area (TPSA) is 89.8 Å². The highest BCUT2D eigenvalue weighted by Gasteiger charge is 2.40. The van der Waals surface area contributed by atoms with Gasteiger partial charge in [0.1, 0.15) is 12.7 Å². The first-order valence-corrected chi connectivity index (χ1v) is 13.8. The summed E-state index contributed by atoms with van der Waals surface area (Å²) in [6, 6.07) is 14.2. The molecule has 9 heteroatoms. The number of methoxy groups -OCH3 is 1. The molecule has 2 amide bonds. The van der Waals surface area contributed by atoms with Crippen molar-refractivity contribution in [1.29, 1.82) is 0 Å². The number of aromatic nitrogens is 3. The molecule has 2 aliphatic heterocycles. The fraction of sp³-hybridized carbons (Fsp3) is 0.467. The average Bonchev–Trinajstić information content (AvgIpc) is 3.56. The molecule has 2 aliphatic rings. The fourth-order valence-corrected chi connectivity index (χ4v) is 5.91.